The second-order valence-electron chi connectivity index (χ2n) is 5.63. The molecule has 1 aromatic heterocycles. The molecule has 5 heteroatoms. The van der Waals surface area contributed by atoms with Crippen LogP contribution < -0.4 is 5.73 Å². The number of aromatic nitrogens is 1. The number of rotatable bonds is 2. The van der Waals surface area contributed by atoms with Gasteiger partial charge in [-0.3, -0.25) is 4.98 Å². The van der Waals surface area contributed by atoms with E-state index in [-0.39, 0.29) is 0 Å². The Labute approximate surface area is 140 Å². The van der Waals surface area contributed by atoms with E-state index in [0.29, 0.717) is 18.0 Å². The zero-order chi connectivity index (χ0) is 17.7. The quantitative estimate of drug-likeness (QED) is 0.821. The van der Waals surface area contributed by atoms with Gasteiger partial charge in [-0.05, 0) is 66.1 Å². The normalized spacial score (nSPS) is 16.8. The van der Waals surface area contributed by atoms with Gasteiger partial charge in [0.2, 0.25) is 0 Å². The molecule has 2 nitrogen and oxygen atoms in total. The lowest BCUT2D eigenvalue weighted by Gasteiger charge is -2.26. The Morgan fingerprint density at radius 1 is 1.21 bits per heavy atom. The standard InChI is InChI=1S/C17H17F3N2.C2H6/c18-17(19,20)16-9-11(7-8-22-16)13-4-2-5-14-12(10-21)3-1-6-15(13)14;1-2/h2,4-5,7-9,12H,1,3,6,10,21H2;1-2H3. The lowest BCUT2D eigenvalue weighted by molar-refractivity contribution is -0.141. The molecule has 1 atom stereocenters. The third-order valence-corrected chi connectivity index (χ3v) is 4.28. The van der Waals surface area contributed by atoms with Crippen molar-refractivity contribution in [3.8, 4) is 11.1 Å². The molecule has 0 aliphatic heterocycles. The number of alkyl halides is 3. The molecule has 1 aliphatic carbocycles. The minimum atomic E-state index is -4.43. The van der Waals surface area contributed by atoms with Crippen LogP contribution in [0.3, 0.4) is 0 Å². The number of nitrogens with zero attached hydrogens (tertiary/aromatic N) is 1. The van der Waals surface area contributed by atoms with Gasteiger partial charge in [0.15, 0.2) is 0 Å². The van der Waals surface area contributed by atoms with Gasteiger partial charge in [-0.2, -0.15) is 13.2 Å². The average molecular weight is 336 g/mol. The van der Waals surface area contributed by atoms with E-state index in [1.807, 2.05) is 32.0 Å². The minimum Gasteiger partial charge on any atom is -0.330 e. The number of nitrogens with two attached hydrogens (primary N) is 1. The summed E-state index contributed by atoms with van der Waals surface area (Å²) in [6.07, 6.45) is -0.267. The van der Waals surface area contributed by atoms with Crippen molar-refractivity contribution in [2.75, 3.05) is 6.54 Å². The smallest absolute Gasteiger partial charge is 0.330 e. The van der Waals surface area contributed by atoms with Crippen molar-refractivity contribution in [3.05, 3.63) is 53.3 Å². The Balaban J connectivity index is 0.00000100. The Morgan fingerprint density at radius 2 is 1.96 bits per heavy atom. The highest BCUT2D eigenvalue weighted by atomic mass is 19.4. The van der Waals surface area contributed by atoms with Crippen LogP contribution in [0.1, 0.15) is 49.4 Å². The van der Waals surface area contributed by atoms with E-state index in [2.05, 4.69) is 4.98 Å². The van der Waals surface area contributed by atoms with Crippen LogP contribution >= 0.6 is 0 Å². The molecule has 1 aromatic carbocycles. The Hall–Kier alpha value is -1.88. The first kappa shape index (κ1) is 18.5. The largest absolute Gasteiger partial charge is 0.433 e. The van der Waals surface area contributed by atoms with Crippen LogP contribution in [0.25, 0.3) is 11.1 Å². The molecule has 130 valence electrons. The van der Waals surface area contributed by atoms with Gasteiger partial charge in [0.05, 0.1) is 0 Å². The topological polar surface area (TPSA) is 38.9 Å². The van der Waals surface area contributed by atoms with Gasteiger partial charge in [0, 0.05) is 6.20 Å². The lowest BCUT2D eigenvalue weighted by Crippen LogP contribution is -2.18. The van der Waals surface area contributed by atoms with Crippen LogP contribution in [0.2, 0.25) is 0 Å². The molecule has 24 heavy (non-hydrogen) atoms. The summed E-state index contributed by atoms with van der Waals surface area (Å²) < 4.78 is 38.6. The molecule has 2 aromatic rings. The minimum absolute atomic E-state index is 0.299. The summed E-state index contributed by atoms with van der Waals surface area (Å²) in [5.74, 6) is 0.299. The molecule has 1 heterocycles. The van der Waals surface area contributed by atoms with Gasteiger partial charge >= 0.3 is 6.18 Å². The highest BCUT2D eigenvalue weighted by Gasteiger charge is 2.32. The van der Waals surface area contributed by atoms with Crippen molar-refractivity contribution in [1.82, 2.24) is 4.98 Å². The molecule has 0 amide bonds. The Morgan fingerprint density at radius 3 is 2.62 bits per heavy atom. The number of hydrogen-bond donors (Lipinski definition) is 1. The first-order chi connectivity index (χ1) is 11.5. The third kappa shape index (κ3) is 3.78. The molecule has 0 spiro atoms. The lowest BCUT2D eigenvalue weighted by atomic mass is 9.79. The van der Waals surface area contributed by atoms with Crippen molar-refractivity contribution in [2.24, 2.45) is 5.73 Å². The van der Waals surface area contributed by atoms with Gasteiger partial charge in [-0.25, -0.2) is 0 Å². The van der Waals surface area contributed by atoms with E-state index in [1.54, 1.807) is 6.07 Å². The molecule has 1 unspecified atom stereocenters. The van der Waals surface area contributed by atoms with Gasteiger partial charge < -0.3 is 5.73 Å². The summed E-state index contributed by atoms with van der Waals surface area (Å²) in [5.41, 5.74) is 8.71. The van der Waals surface area contributed by atoms with Gasteiger partial charge in [0.25, 0.3) is 0 Å². The van der Waals surface area contributed by atoms with E-state index in [1.165, 1.54) is 11.8 Å². The van der Waals surface area contributed by atoms with Crippen molar-refractivity contribution in [1.29, 1.82) is 0 Å². The molecule has 0 saturated heterocycles. The Bertz CT molecular complexity index is 681. The highest BCUT2D eigenvalue weighted by Crippen LogP contribution is 2.38. The molecular weight excluding hydrogens is 313 g/mol. The first-order valence-corrected chi connectivity index (χ1v) is 8.36. The van der Waals surface area contributed by atoms with Gasteiger partial charge in [0.1, 0.15) is 5.69 Å². The highest BCUT2D eigenvalue weighted by molar-refractivity contribution is 5.69. The van der Waals surface area contributed by atoms with Gasteiger partial charge in [-0.1, -0.05) is 32.0 Å². The summed E-state index contributed by atoms with van der Waals surface area (Å²) in [5, 5.41) is 0. The Kier molecular flexibility index (Phi) is 5.99. The molecular formula is C19H23F3N2. The van der Waals surface area contributed by atoms with Crippen LogP contribution in [0.4, 0.5) is 13.2 Å². The number of pyridine rings is 1. The monoisotopic (exact) mass is 336 g/mol. The van der Waals surface area contributed by atoms with Crippen LogP contribution in [-0.2, 0) is 12.6 Å². The number of fused-ring (bicyclic) bond motifs is 1. The molecule has 2 N–H and O–H groups in total. The summed E-state index contributed by atoms with van der Waals surface area (Å²) in [6, 6.07) is 8.59. The average Bonchev–Trinajstić information content (AvgIpc) is 2.61. The molecule has 0 fully saturated rings. The number of benzene rings is 1. The first-order valence-electron chi connectivity index (χ1n) is 8.36. The van der Waals surface area contributed by atoms with E-state index in [9.17, 15) is 13.2 Å². The molecule has 0 bridgehead atoms. The van der Waals surface area contributed by atoms with E-state index >= 15 is 0 Å². The second-order valence-corrected chi connectivity index (χ2v) is 5.63. The van der Waals surface area contributed by atoms with Crippen LogP contribution in [-0.4, -0.2) is 11.5 Å². The number of hydrogen-bond acceptors (Lipinski definition) is 2. The van der Waals surface area contributed by atoms with Crippen LogP contribution in [0.15, 0.2) is 36.5 Å². The van der Waals surface area contributed by atoms with Crippen molar-refractivity contribution in [2.45, 2.75) is 45.2 Å². The predicted molar refractivity (Wildman–Crippen MR) is 90.8 cm³/mol. The fraction of sp³-hybridized carbons (Fsp3) is 0.421. The zero-order valence-electron chi connectivity index (χ0n) is 14.0. The molecule has 0 saturated carbocycles. The van der Waals surface area contributed by atoms with Crippen molar-refractivity contribution < 1.29 is 13.2 Å². The summed E-state index contributed by atoms with van der Waals surface area (Å²) in [6.45, 7) is 4.57. The SMILES string of the molecule is CC.NCC1CCCc2c(-c3ccnc(C(F)(F)F)c3)cccc21. The maximum absolute atomic E-state index is 12.9. The second kappa shape index (κ2) is 7.79. The van der Waals surface area contributed by atoms with Crippen LogP contribution in [0, 0.1) is 0 Å². The van der Waals surface area contributed by atoms with Gasteiger partial charge in [-0.15, -0.1) is 0 Å². The molecule has 3 rings (SSSR count). The molecule has 1 aliphatic rings. The third-order valence-electron chi connectivity index (χ3n) is 4.28. The summed E-state index contributed by atoms with van der Waals surface area (Å²) in [7, 11) is 0. The summed E-state index contributed by atoms with van der Waals surface area (Å²) >= 11 is 0. The maximum Gasteiger partial charge on any atom is 0.433 e. The van der Waals surface area contributed by atoms with Crippen molar-refractivity contribution >= 4 is 0 Å². The van der Waals surface area contributed by atoms with E-state index < -0.39 is 11.9 Å². The maximum atomic E-state index is 12.9. The summed E-state index contributed by atoms with van der Waals surface area (Å²) in [4.78, 5) is 3.43. The number of halogens is 3. The fourth-order valence-corrected chi connectivity index (χ4v) is 3.22. The van der Waals surface area contributed by atoms with E-state index in [0.717, 1.165) is 36.5 Å². The van der Waals surface area contributed by atoms with E-state index in [4.69, 9.17) is 5.73 Å². The van der Waals surface area contributed by atoms with Crippen molar-refractivity contribution in [3.63, 3.8) is 0 Å². The van der Waals surface area contributed by atoms with Crippen LogP contribution in [0.5, 0.6) is 0 Å². The fourth-order valence-electron chi connectivity index (χ4n) is 3.22. The zero-order valence-corrected chi connectivity index (χ0v) is 14.0. The predicted octanol–water partition coefficient (Wildman–Crippen LogP) is 5.17. The molecule has 0 radical (unpaired) electrons.